The predicted octanol–water partition coefficient (Wildman–Crippen LogP) is 0.701. The van der Waals surface area contributed by atoms with Gasteiger partial charge < -0.3 is 15.7 Å². The first kappa shape index (κ1) is 13.8. The molecular weight excluding hydrogens is 232 g/mol. The molecule has 1 rings (SSSR count). The van der Waals surface area contributed by atoms with Gasteiger partial charge in [-0.05, 0) is 24.1 Å². The van der Waals surface area contributed by atoms with Crippen LogP contribution < -0.4 is 10.6 Å². The number of phenolic OH excluding ortho intramolecular Hbond substituents is 1. The SMILES string of the molecule is C=C(NC(C)=O)C(=O)NCCc1ccc(O)cc1. The van der Waals surface area contributed by atoms with E-state index in [1.165, 1.54) is 6.92 Å². The maximum Gasteiger partial charge on any atom is 0.267 e. The third-order valence-corrected chi connectivity index (χ3v) is 2.24. The average molecular weight is 248 g/mol. The summed E-state index contributed by atoms with van der Waals surface area (Å²) >= 11 is 0. The van der Waals surface area contributed by atoms with Gasteiger partial charge in [-0.1, -0.05) is 18.7 Å². The molecule has 5 nitrogen and oxygen atoms in total. The van der Waals surface area contributed by atoms with Crippen LogP contribution in [-0.4, -0.2) is 23.5 Å². The van der Waals surface area contributed by atoms with Crippen LogP contribution in [-0.2, 0) is 16.0 Å². The maximum atomic E-state index is 11.5. The van der Waals surface area contributed by atoms with E-state index in [9.17, 15) is 9.59 Å². The highest BCUT2D eigenvalue weighted by Gasteiger charge is 2.06. The molecule has 1 aromatic carbocycles. The number of hydrogen-bond acceptors (Lipinski definition) is 3. The van der Waals surface area contributed by atoms with E-state index in [1.54, 1.807) is 24.3 Å². The Kier molecular flexibility index (Phi) is 4.92. The second-order valence-electron chi connectivity index (χ2n) is 3.83. The van der Waals surface area contributed by atoms with E-state index in [1.807, 2.05) is 0 Å². The van der Waals surface area contributed by atoms with Crippen molar-refractivity contribution in [1.82, 2.24) is 10.6 Å². The van der Waals surface area contributed by atoms with Crippen molar-refractivity contribution in [2.24, 2.45) is 0 Å². The summed E-state index contributed by atoms with van der Waals surface area (Å²) in [7, 11) is 0. The number of aromatic hydroxyl groups is 1. The highest BCUT2D eigenvalue weighted by atomic mass is 16.3. The van der Waals surface area contributed by atoms with Crippen molar-refractivity contribution in [2.75, 3.05) is 6.54 Å². The van der Waals surface area contributed by atoms with E-state index in [0.29, 0.717) is 13.0 Å². The average Bonchev–Trinajstić information content (AvgIpc) is 2.30. The number of rotatable bonds is 5. The van der Waals surface area contributed by atoms with Crippen LogP contribution in [0.3, 0.4) is 0 Å². The molecule has 3 N–H and O–H groups in total. The Hall–Kier alpha value is -2.30. The second-order valence-corrected chi connectivity index (χ2v) is 3.83. The van der Waals surface area contributed by atoms with Gasteiger partial charge in [0.25, 0.3) is 5.91 Å². The van der Waals surface area contributed by atoms with E-state index in [2.05, 4.69) is 17.2 Å². The predicted molar refractivity (Wildman–Crippen MR) is 67.8 cm³/mol. The Balaban J connectivity index is 2.33. The van der Waals surface area contributed by atoms with Crippen LogP contribution >= 0.6 is 0 Å². The minimum Gasteiger partial charge on any atom is -0.508 e. The topological polar surface area (TPSA) is 78.4 Å². The zero-order valence-corrected chi connectivity index (χ0v) is 10.2. The zero-order valence-electron chi connectivity index (χ0n) is 10.2. The van der Waals surface area contributed by atoms with Gasteiger partial charge in [0, 0.05) is 13.5 Å². The number of carbonyl (C=O) groups is 2. The Bertz CT molecular complexity index is 452. The Morgan fingerprint density at radius 2 is 1.89 bits per heavy atom. The molecule has 0 saturated heterocycles. The van der Waals surface area contributed by atoms with Crippen LogP contribution in [0.25, 0.3) is 0 Å². The molecular formula is C13H16N2O3. The molecule has 2 amide bonds. The maximum absolute atomic E-state index is 11.5. The third kappa shape index (κ3) is 4.69. The van der Waals surface area contributed by atoms with Gasteiger partial charge in [0.2, 0.25) is 5.91 Å². The Morgan fingerprint density at radius 1 is 1.28 bits per heavy atom. The molecule has 0 unspecified atom stereocenters. The van der Waals surface area contributed by atoms with Crippen molar-refractivity contribution in [2.45, 2.75) is 13.3 Å². The third-order valence-electron chi connectivity index (χ3n) is 2.24. The molecule has 1 aromatic rings. The lowest BCUT2D eigenvalue weighted by Crippen LogP contribution is -2.34. The van der Waals surface area contributed by atoms with Gasteiger partial charge in [-0.3, -0.25) is 9.59 Å². The lowest BCUT2D eigenvalue weighted by Gasteiger charge is -2.07. The van der Waals surface area contributed by atoms with Crippen molar-refractivity contribution in [3.63, 3.8) is 0 Å². The molecule has 0 aliphatic heterocycles. The molecule has 0 spiro atoms. The number of phenols is 1. The summed E-state index contributed by atoms with van der Waals surface area (Å²) in [6.45, 7) is 5.20. The van der Waals surface area contributed by atoms with E-state index < -0.39 is 5.91 Å². The molecule has 18 heavy (non-hydrogen) atoms. The lowest BCUT2D eigenvalue weighted by atomic mass is 10.1. The van der Waals surface area contributed by atoms with E-state index >= 15 is 0 Å². The molecule has 0 aromatic heterocycles. The first-order valence-electron chi connectivity index (χ1n) is 5.51. The van der Waals surface area contributed by atoms with E-state index in [-0.39, 0.29) is 17.4 Å². The number of nitrogens with one attached hydrogen (secondary N) is 2. The van der Waals surface area contributed by atoms with Gasteiger partial charge in [-0.2, -0.15) is 0 Å². The van der Waals surface area contributed by atoms with E-state index in [0.717, 1.165) is 5.56 Å². The molecule has 0 fully saturated rings. The molecule has 0 heterocycles. The summed E-state index contributed by atoms with van der Waals surface area (Å²) in [6.07, 6.45) is 0.638. The Morgan fingerprint density at radius 3 is 2.44 bits per heavy atom. The van der Waals surface area contributed by atoms with Crippen LogP contribution in [0.2, 0.25) is 0 Å². The van der Waals surface area contributed by atoms with Crippen LogP contribution in [0.1, 0.15) is 12.5 Å². The van der Waals surface area contributed by atoms with Crippen LogP contribution in [0.5, 0.6) is 5.75 Å². The van der Waals surface area contributed by atoms with Gasteiger partial charge in [-0.15, -0.1) is 0 Å². The summed E-state index contributed by atoms with van der Waals surface area (Å²) < 4.78 is 0. The van der Waals surface area contributed by atoms with Crippen molar-refractivity contribution in [3.05, 3.63) is 42.1 Å². The highest BCUT2D eigenvalue weighted by Crippen LogP contribution is 2.09. The number of hydrogen-bond donors (Lipinski definition) is 3. The van der Waals surface area contributed by atoms with Gasteiger partial charge in [-0.25, -0.2) is 0 Å². The summed E-state index contributed by atoms with van der Waals surface area (Å²) in [5.74, 6) is -0.514. The summed E-state index contributed by atoms with van der Waals surface area (Å²) in [6, 6.07) is 6.75. The molecule has 0 radical (unpaired) electrons. The van der Waals surface area contributed by atoms with Crippen LogP contribution in [0.4, 0.5) is 0 Å². The molecule has 5 heteroatoms. The highest BCUT2D eigenvalue weighted by molar-refractivity contribution is 5.96. The molecule has 0 aliphatic rings. The molecule has 0 aliphatic carbocycles. The van der Waals surface area contributed by atoms with Gasteiger partial charge >= 0.3 is 0 Å². The number of benzene rings is 1. The van der Waals surface area contributed by atoms with Crippen molar-refractivity contribution < 1.29 is 14.7 Å². The van der Waals surface area contributed by atoms with Gasteiger partial charge in [0.05, 0.1) is 5.70 Å². The lowest BCUT2D eigenvalue weighted by molar-refractivity contribution is -0.122. The molecule has 0 atom stereocenters. The summed E-state index contributed by atoms with van der Waals surface area (Å²) in [5, 5.41) is 14.1. The molecule has 96 valence electrons. The quantitative estimate of drug-likeness (QED) is 0.671. The fourth-order valence-corrected chi connectivity index (χ4v) is 1.36. The van der Waals surface area contributed by atoms with Crippen LogP contribution in [0, 0.1) is 0 Å². The van der Waals surface area contributed by atoms with Crippen molar-refractivity contribution in [1.29, 1.82) is 0 Å². The Labute approximate surface area is 106 Å². The smallest absolute Gasteiger partial charge is 0.267 e. The number of carbonyl (C=O) groups excluding carboxylic acids is 2. The molecule has 0 saturated carbocycles. The minimum absolute atomic E-state index is 0.0354. The van der Waals surface area contributed by atoms with Crippen molar-refractivity contribution in [3.8, 4) is 5.75 Å². The zero-order chi connectivity index (χ0) is 13.5. The standard InChI is InChI=1S/C13H16N2O3/c1-9(15-10(2)16)13(18)14-8-7-11-3-5-12(17)6-4-11/h3-6,17H,1,7-8H2,2H3,(H,14,18)(H,15,16). The normalized spacial score (nSPS) is 9.61. The van der Waals surface area contributed by atoms with Crippen LogP contribution in [0.15, 0.2) is 36.5 Å². The largest absolute Gasteiger partial charge is 0.508 e. The van der Waals surface area contributed by atoms with Gasteiger partial charge in [0.1, 0.15) is 5.75 Å². The number of amides is 2. The monoisotopic (exact) mass is 248 g/mol. The summed E-state index contributed by atoms with van der Waals surface area (Å²) in [5.41, 5.74) is 1.03. The minimum atomic E-state index is -0.399. The van der Waals surface area contributed by atoms with Crippen molar-refractivity contribution >= 4 is 11.8 Å². The first-order valence-corrected chi connectivity index (χ1v) is 5.51. The fourth-order valence-electron chi connectivity index (χ4n) is 1.36. The fraction of sp³-hybridized carbons (Fsp3) is 0.231. The summed E-state index contributed by atoms with van der Waals surface area (Å²) in [4.78, 5) is 22.2. The van der Waals surface area contributed by atoms with Gasteiger partial charge in [0.15, 0.2) is 0 Å². The first-order chi connectivity index (χ1) is 8.49. The van der Waals surface area contributed by atoms with E-state index in [4.69, 9.17) is 5.11 Å². The molecule has 0 bridgehead atoms. The second kappa shape index (κ2) is 6.44.